The van der Waals surface area contributed by atoms with Crippen LogP contribution in [-0.2, 0) is 4.79 Å². The zero-order valence-corrected chi connectivity index (χ0v) is 13.5. The fourth-order valence-corrected chi connectivity index (χ4v) is 2.54. The van der Waals surface area contributed by atoms with Crippen molar-refractivity contribution in [2.45, 2.75) is 13.8 Å². The van der Waals surface area contributed by atoms with Gasteiger partial charge in [-0.05, 0) is 24.6 Å². The lowest BCUT2D eigenvalue weighted by atomic mass is 10.1. The minimum absolute atomic E-state index is 0.268. The smallest absolute Gasteiger partial charge is 0.222 e. The lowest BCUT2D eigenvalue weighted by Crippen LogP contribution is -2.13. The Morgan fingerprint density at radius 1 is 1.42 bits per heavy atom. The van der Waals surface area contributed by atoms with Crippen molar-refractivity contribution in [2.75, 3.05) is 12.4 Å². The maximum atomic E-state index is 11.4. The molecule has 120 valence electrons. The minimum Gasteiger partial charge on any atom is -0.494 e. The first-order valence-corrected chi connectivity index (χ1v) is 7.25. The van der Waals surface area contributed by atoms with Gasteiger partial charge in [0.05, 0.1) is 13.3 Å². The van der Waals surface area contributed by atoms with Gasteiger partial charge in [-0.2, -0.15) is 15.0 Å². The first kappa shape index (κ1) is 15.5. The second-order valence-corrected chi connectivity index (χ2v) is 5.27. The average molecular weight is 321 g/mol. The number of para-hydroxylation sites is 1. The molecule has 0 atom stereocenters. The average Bonchev–Trinajstić information content (AvgIpc) is 2.96. The third kappa shape index (κ3) is 2.54. The van der Waals surface area contributed by atoms with Crippen LogP contribution >= 0.6 is 0 Å². The number of rotatable bonds is 3. The molecule has 0 aliphatic carbocycles. The summed E-state index contributed by atoms with van der Waals surface area (Å²) in [5.41, 5.74) is 1.94. The van der Waals surface area contributed by atoms with Crippen molar-refractivity contribution in [1.29, 1.82) is 5.26 Å². The predicted octanol–water partition coefficient (Wildman–Crippen LogP) is 2.57. The Labute approximate surface area is 138 Å². The van der Waals surface area contributed by atoms with E-state index < -0.39 is 0 Å². The maximum Gasteiger partial charge on any atom is 0.222 e. The number of nitriles is 1. The highest BCUT2D eigenvalue weighted by Crippen LogP contribution is 2.28. The molecule has 1 amide bonds. The number of nitrogens with zero attached hydrogens (tertiary/aromatic N) is 4. The van der Waals surface area contributed by atoms with Crippen LogP contribution < -0.4 is 10.1 Å². The maximum absolute atomic E-state index is 11.4. The third-order valence-electron chi connectivity index (χ3n) is 3.62. The Hall–Kier alpha value is -3.40. The molecule has 24 heavy (non-hydrogen) atoms. The van der Waals surface area contributed by atoms with Gasteiger partial charge >= 0.3 is 0 Å². The Bertz CT molecular complexity index is 985. The molecule has 3 aromatic rings. The summed E-state index contributed by atoms with van der Waals surface area (Å²) in [5.74, 6) is 1.15. The second-order valence-electron chi connectivity index (χ2n) is 5.27. The number of fused-ring (bicyclic) bond motifs is 1. The van der Waals surface area contributed by atoms with Crippen LogP contribution in [0.2, 0.25) is 0 Å². The van der Waals surface area contributed by atoms with E-state index in [1.807, 2.05) is 37.3 Å². The molecule has 7 heteroatoms. The van der Waals surface area contributed by atoms with E-state index in [9.17, 15) is 10.1 Å². The Kier molecular flexibility index (Phi) is 3.88. The van der Waals surface area contributed by atoms with Crippen LogP contribution in [0.25, 0.3) is 16.7 Å². The van der Waals surface area contributed by atoms with E-state index in [1.54, 1.807) is 7.11 Å². The minimum atomic E-state index is -0.289. The molecule has 0 saturated heterocycles. The summed E-state index contributed by atoms with van der Waals surface area (Å²) < 4.78 is 6.82. The SMILES string of the molecule is COc1cccc2c(C)cc(-n3ncc(C#N)c3NC(C)=O)nc12. The quantitative estimate of drug-likeness (QED) is 0.800. The van der Waals surface area contributed by atoms with Crippen LogP contribution in [0.4, 0.5) is 5.82 Å². The topological polar surface area (TPSA) is 92.8 Å². The lowest BCUT2D eigenvalue weighted by Gasteiger charge is -2.12. The van der Waals surface area contributed by atoms with Crippen molar-refractivity contribution >= 4 is 22.6 Å². The number of anilines is 1. The van der Waals surface area contributed by atoms with Crippen molar-refractivity contribution in [1.82, 2.24) is 14.8 Å². The van der Waals surface area contributed by atoms with E-state index in [0.29, 0.717) is 22.9 Å². The molecule has 0 bridgehead atoms. The highest BCUT2D eigenvalue weighted by Gasteiger charge is 2.16. The van der Waals surface area contributed by atoms with Crippen molar-refractivity contribution < 1.29 is 9.53 Å². The molecule has 0 aliphatic rings. The van der Waals surface area contributed by atoms with Crippen LogP contribution in [0, 0.1) is 18.3 Å². The van der Waals surface area contributed by atoms with E-state index in [0.717, 1.165) is 10.9 Å². The van der Waals surface area contributed by atoms with Gasteiger partial charge in [-0.25, -0.2) is 4.98 Å². The molecule has 0 fully saturated rings. The number of hydrogen-bond donors (Lipinski definition) is 1. The predicted molar refractivity (Wildman–Crippen MR) is 89.2 cm³/mol. The Balaban J connectivity index is 2.26. The number of benzene rings is 1. The van der Waals surface area contributed by atoms with Crippen LogP contribution in [0.5, 0.6) is 5.75 Å². The van der Waals surface area contributed by atoms with Gasteiger partial charge in [0.15, 0.2) is 11.6 Å². The van der Waals surface area contributed by atoms with Crippen LogP contribution in [0.15, 0.2) is 30.5 Å². The molecule has 1 N–H and O–H groups in total. The van der Waals surface area contributed by atoms with Crippen LogP contribution in [0.1, 0.15) is 18.1 Å². The molecule has 7 nitrogen and oxygen atoms in total. The molecule has 1 aromatic carbocycles. The molecule has 3 rings (SSSR count). The summed E-state index contributed by atoms with van der Waals surface area (Å²) >= 11 is 0. The van der Waals surface area contributed by atoms with Crippen molar-refractivity contribution in [3.8, 4) is 17.6 Å². The number of pyridine rings is 1. The Morgan fingerprint density at radius 3 is 2.88 bits per heavy atom. The number of hydrogen-bond acceptors (Lipinski definition) is 5. The summed E-state index contributed by atoms with van der Waals surface area (Å²) in [6.45, 7) is 3.33. The third-order valence-corrected chi connectivity index (χ3v) is 3.62. The molecule has 0 aliphatic heterocycles. The molecular weight excluding hydrogens is 306 g/mol. The van der Waals surface area contributed by atoms with Gasteiger partial charge < -0.3 is 10.1 Å². The first-order valence-electron chi connectivity index (χ1n) is 7.25. The molecule has 0 radical (unpaired) electrons. The summed E-state index contributed by atoms with van der Waals surface area (Å²) in [5, 5.41) is 17.0. The zero-order valence-electron chi connectivity index (χ0n) is 13.5. The van der Waals surface area contributed by atoms with Gasteiger partial charge in [-0.3, -0.25) is 4.79 Å². The lowest BCUT2D eigenvalue weighted by molar-refractivity contribution is -0.114. The zero-order chi connectivity index (χ0) is 17.3. The largest absolute Gasteiger partial charge is 0.494 e. The molecular formula is C17H15N5O2. The summed E-state index contributed by atoms with van der Waals surface area (Å²) in [6.07, 6.45) is 1.40. The normalized spacial score (nSPS) is 10.4. The second kappa shape index (κ2) is 6.01. The summed E-state index contributed by atoms with van der Waals surface area (Å²) in [7, 11) is 1.59. The number of carbonyl (C=O) groups is 1. The molecule has 0 saturated carbocycles. The van der Waals surface area contributed by atoms with Gasteiger partial charge in [0.2, 0.25) is 5.91 Å². The monoisotopic (exact) mass is 321 g/mol. The van der Waals surface area contributed by atoms with Crippen molar-refractivity contribution in [3.05, 3.63) is 41.6 Å². The number of aryl methyl sites for hydroxylation is 1. The van der Waals surface area contributed by atoms with E-state index in [-0.39, 0.29) is 11.5 Å². The molecule has 0 spiro atoms. The fraction of sp³-hybridized carbons (Fsp3) is 0.176. The number of nitrogens with one attached hydrogen (secondary N) is 1. The fourth-order valence-electron chi connectivity index (χ4n) is 2.54. The van der Waals surface area contributed by atoms with Gasteiger partial charge in [-0.1, -0.05) is 12.1 Å². The van der Waals surface area contributed by atoms with Crippen LogP contribution in [-0.4, -0.2) is 27.8 Å². The van der Waals surface area contributed by atoms with E-state index in [2.05, 4.69) is 15.4 Å². The van der Waals surface area contributed by atoms with Crippen LogP contribution in [0.3, 0.4) is 0 Å². The van der Waals surface area contributed by atoms with E-state index in [1.165, 1.54) is 17.8 Å². The van der Waals surface area contributed by atoms with Gasteiger partial charge in [0, 0.05) is 12.3 Å². The van der Waals surface area contributed by atoms with E-state index >= 15 is 0 Å². The first-order chi connectivity index (χ1) is 11.5. The number of aromatic nitrogens is 3. The highest BCUT2D eigenvalue weighted by atomic mass is 16.5. The number of ether oxygens (including phenoxy) is 1. The molecule has 0 unspecified atom stereocenters. The highest BCUT2D eigenvalue weighted by molar-refractivity contribution is 5.90. The van der Waals surface area contributed by atoms with Gasteiger partial charge in [-0.15, -0.1) is 0 Å². The molecule has 2 aromatic heterocycles. The number of amides is 1. The number of carbonyl (C=O) groups excluding carboxylic acids is 1. The van der Waals surface area contributed by atoms with Gasteiger partial charge in [0.25, 0.3) is 0 Å². The standard InChI is InChI=1S/C17H15N5O2/c1-10-7-15(21-16-13(10)5-4-6-14(16)24-3)22-17(20-11(2)23)12(8-18)9-19-22/h4-7,9H,1-3H3,(H,20,23). The summed E-state index contributed by atoms with van der Waals surface area (Å²) in [4.78, 5) is 16.0. The van der Waals surface area contributed by atoms with Crippen molar-refractivity contribution in [3.63, 3.8) is 0 Å². The van der Waals surface area contributed by atoms with E-state index in [4.69, 9.17) is 4.74 Å². The molecule has 2 heterocycles. The number of methoxy groups -OCH3 is 1. The van der Waals surface area contributed by atoms with Gasteiger partial charge in [0.1, 0.15) is 22.9 Å². The summed E-state index contributed by atoms with van der Waals surface area (Å²) in [6, 6.07) is 9.56. The van der Waals surface area contributed by atoms with Crippen molar-refractivity contribution in [2.24, 2.45) is 0 Å². The Morgan fingerprint density at radius 2 is 2.21 bits per heavy atom.